The number of pyridine rings is 1. The van der Waals surface area contributed by atoms with Crippen LogP contribution in [0.1, 0.15) is 34.3 Å². The highest BCUT2D eigenvalue weighted by molar-refractivity contribution is 7.10. The quantitative estimate of drug-likeness (QED) is 0.704. The zero-order chi connectivity index (χ0) is 14.5. The van der Waals surface area contributed by atoms with Crippen LogP contribution in [0.5, 0.6) is 0 Å². The van der Waals surface area contributed by atoms with E-state index in [0.717, 1.165) is 6.42 Å². The number of hydrogen-bond donors (Lipinski definition) is 1. The van der Waals surface area contributed by atoms with Crippen molar-refractivity contribution in [3.8, 4) is 0 Å². The molecule has 2 atom stereocenters. The second-order valence-corrected chi connectivity index (χ2v) is 7.03. The molecule has 0 amide bonds. The van der Waals surface area contributed by atoms with Gasteiger partial charge in [0, 0.05) is 40.7 Å². The van der Waals surface area contributed by atoms with Crippen molar-refractivity contribution >= 4 is 22.7 Å². The number of hydrogen-bond acceptors (Lipinski definition) is 4. The van der Waals surface area contributed by atoms with Crippen molar-refractivity contribution in [2.45, 2.75) is 25.4 Å². The molecule has 0 saturated heterocycles. The molecule has 0 spiro atoms. The molecule has 0 aliphatic heterocycles. The molecule has 4 heteroatoms. The van der Waals surface area contributed by atoms with Crippen LogP contribution in [-0.2, 0) is 6.42 Å². The Bertz CT molecular complexity index is 633. The second kappa shape index (κ2) is 6.98. The van der Waals surface area contributed by atoms with Crippen LogP contribution in [-0.4, -0.2) is 4.98 Å². The van der Waals surface area contributed by atoms with E-state index in [0.29, 0.717) is 12.1 Å². The third kappa shape index (κ3) is 3.79. The minimum Gasteiger partial charge on any atom is -0.302 e. The van der Waals surface area contributed by atoms with Crippen LogP contribution >= 0.6 is 22.7 Å². The van der Waals surface area contributed by atoms with E-state index in [1.54, 1.807) is 0 Å². The normalized spacial score (nSPS) is 14.0. The lowest BCUT2D eigenvalue weighted by Crippen LogP contribution is -2.25. The maximum absolute atomic E-state index is 4.09. The number of nitrogens with one attached hydrogen (secondary N) is 1. The molecule has 0 radical (unpaired) electrons. The SMILES string of the molecule is CC(NC(Cc1cccs1)c1cccs1)c1ccncc1. The summed E-state index contributed by atoms with van der Waals surface area (Å²) in [5.74, 6) is 0. The summed E-state index contributed by atoms with van der Waals surface area (Å²) in [4.78, 5) is 6.91. The van der Waals surface area contributed by atoms with Crippen LogP contribution in [0.15, 0.2) is 59.6 Å². The maximum atomic E-state index is 4.09. The first-order chi connectivity index (χ1) is 10.3. The van der Waals surface area contributed by atoms with Crippen molar-refractivity contribution in [3.05, 3.63) is 74.9 Å². The van der Waals surface area contributed by atoms with Gasteiger partial charge in [0.2, 0.25) is 0 Å². The predicted molar refractivity (Wildman–Crippen MR) is 90.9 cm³/mol. The zero-order valence-electron chi connectivity index (χ0n) is 11.9. The number of thiophene rings is 2. The Balaban J connectivity index is 1.76. The molecule has 0 aliphatic rings. The predicted octanol–water partition coefficient (Wildman–Crippen LogP) is 4.84. The Labute approximate surface area is 133 Å². The van der Waals surface area contributed by atoms with E-state index in [4.69, 9.17) is 0 Å². The van der Waals surface area contributed by atoms with Crippen molar-refractivity contribution in [1.29, 1.82) is 0 Å². The molecular formula is C17H18N2S2. The summed E-state index contributed by atoms with van der Waals surface area (Å²) in [6.07, 6.45) is 4.74. The largest absolute Gasteiger partial charge is 0.302 e. The molecule has 3 heterocycles. The topological polar surface area (TPSA) is 24.9 Å². The minimum atomic E-state index is 0.306. The maximum Gasteiger partial charge on any atom is 0.0468 e. The average Bonchev–Trinajstić information content (AvgIpc) is 3.21. The lowest BCUT2D eigenvalue weighted by molar-refractivity contribution is 0.471. The summed E-state index contributed by atoms with van der Waals surface area (Å²) in [7, 11) is 0. The van der Waals surface area contributed by atoms with Gasteiger partial charge in [0.25, 0.3) is 0 Å². The summed E-state index contributed by atoms with van der Waals surface area (Å²) in [5, 5.41) is 8.06. The van der Waals surface area contributed by atoms with Gasteiger partial charge in [-0.1, -0.05) is 12.1 Å². The van der Waals surface area contributed by atoms with E-state index in [1.165, 1.54) is 15.3 Å². The molecule has 3 rings (SSSR count). The Kier molecular flexibility index (Phi) is 4.80. The molecule has 0 bridgehead atoms. The van der Waals surface area contributed by atoms with E-state index < -0.39 is 0 Å². The van der Waals surface area contributed by atoms with Gasteiger partial charge in [-0.25, -0.2) is 0 Å². The standard InChI is InChI=1S/C17H18N2S2/c1-13(14-6-8-18-9-7-14)19-16(17-5-3-11-21-17)12-15-4-2-10-20-15/h2-11,13,16,19H,12H2,1H3. The third-order valence-corrected chi connectivity index (χ3v) is 5.41. The summed E-state index contributed by atoms with van der Waals surface area (Å²) < 4.78 is 0. The van der Waals surface area contributed by atoms with Gasteiger partial charge in [-0.05, 0) is 47.5 Å². The molecule has 0 fully saturated rings. The molecule has 3 aromatic heterocycles. The lowest BCUT2D eigenvalue weighted by atomic mass is 10.1. The van der Waals surface area contributed by atoms with Crippen molar-refractivity contribution in [2.24, 2.45) is 0 Å². The van der Waals surface area contributed by atoms with Gasteiger partial charge in [0.15, 0.2) is 0 Å². The van der Waals surface area contributed by atoms with Crippen molar-refractivity contribution < 1.29 is 0 Å². The molecule has 2 unspecified atom stereocenters. The van der Waals surface area contributed by atoms with Gasteiger partial charge >= 0.3 is 0 Å². The van der Waals surface area contributed by atoms with Gasteiger partial charge in [-0.3, -0.25) is 4.98 Å². The number of aromatic nitrogens is 1. The smallest absolute Gasteiger partial charge is 0.0468 e. The highest BCUT2D eigenvalue weighted by Gasteiger charge is 2.17. The van der Waals surface area contributed by atoms with Crippen LogP contribution < -0.4 is 5.32 Å². The monoisotopic (exact) mass is 314 g/mol. The summed E-state index contributed by atoms with van der Waals surface area (Å²) >= 11 is 3.65. The number of nitrogens with zero attached hydrogens (tertiary/aromatic N) is 1. The molecule has 1 N–H and O–H groups in total. The van der Waals surface area contributed by atoms with E-state index in [-0.39, 0.29) is 0 Å². The Hall–Kier alpha value is -1.49. The Morgan fingerprint density at radius 2 is 1.81 bits per heavy atom. The van der Waals surface area contributed by atoms with E-state index >= 15 is 0 Å². The van der Waals surface area contributed by atoms with Crippen LogP contribution in [0.25, 0.3) is 0 Å². The van der Waals surface area contributed by atoms with E-state index in [1.807, 2.05) is 35.1 Å². The summed E-state index contributed by atoms with van der Waals surface area (Å²) in [6, 6.07) is 13.5. The molecule has 2 nitrogen and oxygen atoms in total. The highest BCUT2D eigenvalue weighted by atomic mass is 32.1. The van der Waals surface area contributed by atoms with Gasteiger partial charge in [0.05, 0.1) is 0 Å². The van der Waals surface area contributed by atoms with Crippen molar-refractivity contribution in [3.63, 3.8) is 0 Å². The molecule has 108 valence electrons. The van der Waals surface area contributed by atoms with E-state index in [2.05, 4.69) is 64.4 Å². The third-order valence-electron chi connectivity index (χ3n) is 3.53. The van der Waals surface area contributed by atoms with Gasteiger partial charge in [-0.2, -0.15) is 0 Å². The van der Waals surface area contributed by atoms with Gasteiger partial charge in [0.1, 0.15) is 0 Å². The molecule has 0 aromatic carbocycles. The van der Waals surface area contributed by atoms with E-state index in [9.17, 15) is 0 Å². The van der Waals surface area contributed by atoms with Crippen LogP contribution in [0.3, 0.4) is 0 Å². The second-order valence-electron chi connectivity index (χ2n) is 5.02. The first-order valence-corrected chi connectivity index (χ1v) is 8.80. The summed E-state index contributed by atoms with van der Waals surface area (Å²) in [6.45, 7) is 2.21. The van der Waals surface area contributed by atoms with Crippen LogP contribution in [0.4, 0.5) is 0 Å². The van der Waals surface area contributed by atoms with Gasteiger partial charge in [-0.15, -0.1) is 22.7 Å². The fraction of sp³-hybridized carbons (Fsp3) is 0.235. The fourth-order valence-corrected chi connectivity index (χ4v) is 3.95. The minimum absolute atomic E-state index is 0.306. The first-order valence-electron chi connectivity index (χ1n) is 7.04. The Morgan fingerprint density at radius 1 is 1.05 bits per heavy atom. The molecule has 0 aliphatic carbocycles. The lowest BCUT2D eigenvalue weighted by Gasteiger charge is -2.22. The van der Waals surface area contributed by atoms with Crippen LogP contribution in [0.2, 0.25) is 0 Å². The van der Waals surface area contributed by atoms with Crippen molar-refractivity contribution in [1.82, 2.24) is 10.3 Å². The van der Waals surface area contributed by atoms with Gasteiger partial charge < -0.3 is 5.32 Å². The first kappa shape index (κ1) is 14.4. The molecule has 0 saturated carbocycles. The Morgan fingerprint density at radius 3 is 2.48 bits per heavy atom. The fourth-order valence-electron chi connectivity index (χ4n) is 2.41. The number of rotatable bonds is 6. The molecule has 21 heavy (non-hydrogen) atoms. The average molecular weight is 314 g/mol. The zero-order valence-corrected chi connectivity index (χ0v) is 13.5. The van der Waals surface area contributed by atoms with Crippen LogP contribution in [0, 0.1) is 0 Å². The van der Waals surface area contributed by atoms with Crippen molar-refractivity contribution in [2.75, 3.05) is 0 Å². The summed E-state index contributed by atoms with van der Waals surface area (Å²) in [5.41, 5.74) is 1.28. The molecular weight excluding hydrogens is 296 g/mol. The highest BCUT2D eigenvalue weighted by Crippen LogP contribution is 2.27. The molecule has 3 aromatic rings.